The molecule has 3 heterocycles. The molecule has 1 atom stereocenters. The molecule has 0 spiro atoms. The Morgan fingerprint density at radius 3 is 2.62 bits per heavy atom. The average molecular weight is 328 g/mol. The van der Waals surface area contributed by atoms with E-state index in [1.165, 1.54) is 6.20 Å². The molecular formula is C16H20N6O2. The van der Waals surface area contributed by atoms with Crippen LogP contribution in [-0.4, -0.2) is 33.3 Å². The summed E-state index contributed by atoms with van der Waals surface area (Å²) in [6.07, 6.45) is 4.79. The normalized spacial score (nSPS) is 16.8. The van der Waals surface area contributed by atoms with Crippen molar-refractivity contribution in [2.24, 2.45) is 5.92 Å². The Bertz CT molecular complexity index is 700. The maximum absolute atomic E-state index is 8.83. The SMILES string of the molecule is CC(C)c1noc([C@H](Nc2cnc(C#N)cn2)C2CCOCC2)n1. The highest BCUT2D eigenvalue weighted by atomic mass is 16.5. The zero-order valence-corrected chi connectivity index (χ0v) is 13.8. The van der Waals surface area contributed by atoms with Gasteiger partial charge in [-0.1, -0.05) is 19.0 Å². The molecule has 1 N–H and O–H groups in total. The summed E-state index contributed by atoms with van der Waals surface area (Å²) in [5.74, 6) is 2.32. The van der Waals surface area contributed by atoms with Gasteiger partial charge in [-0.15, -0.1) is 0 Å². The summed E-state index contributed by atoms with van der Waals surface area (Å²) in [6, 6.07) is 1.80. The summed E-state index contributed by atoms with van der Waals surface area (Å²) < 4.78 is 10.9. The van der Waals surface area contributed by atoms with Crippen molar-refractivity contribution in [3.63, 3.8) is 0 Å². The predicted molar refractivity (Wildman–Crippen MR) is 85.0 cm³/mol. The van der Waals surface area contributed by atoms with Crippen molar-refractivity contribution in [2.75, 3.05) is 18.5 Å². The Balaban J connectivity index is 1.84. The van der Waals surface area contributed by atoms with Gasteiger partial charge in [0.05, 0.1) is 12.4 Å². The van der Waals surface area contributed by atoms with Gasteiger partial charge in [0.1, 0.15) is 17.9 Å². The Kier molecular flexibility index (Phi) is 5.01. The second-order valence-electron chi connectivity index (χ2n) is 6.12. The standard InChI is InChI=1S/C16H20N6O2/c1-10(2)15-21-16(24-22-15)14(11-3-5-23-6-4-11)20-13-9-18-12(7-17)8-19-13/h8-11,14H,3-6H2,1-2H3,(H,19,20)/t14-/m1/s1. The zero-order chi connectivity index (χ0) is 16.9. The Morgan fingerprint density at radius 1 is 1.25 bits per heavy atom. The molecule has 2 aromatic rings. The van der Waals surface area contributed by atoms with Crippen LogP contribution in [0.5, 0.6) is 0 Å². The molecule has 0 bridgehead atoms. The minimum atomic E-state index is -0.156. The van der Waals surface area contributed by atoms with E-state index in [9.17, 15) is 0 Å². The monoisotopic (exact) mass is 328 g/mol. The van der Waals surface area contributed by atoms with E-state index in [0.29, 0.717) is 36.7 Å². The van der Waals surface area contributed by atoms with Gasteiger partial charge in [0.25, 0.3) is 0 Å². The van der Waals surface area contributed by atoms with E-state index in [4.69, 9.17) is 14.5 Å². The Labute approximate surface area is 140 Å². The van der Waals surface area contributed by atoms with Crippen molar-refractivity contribution >= 4 is 5.82 Å². The lowest BCUT2D eigenvalue weighted by Gasteiger charge is -2.28. The predicted octanol–water partition coefficient (Wildman–Crippen LogP) is 2.43. The molecule has 3 rings (SSSR count). The van der Waals surface area contributed by atoms with Crippen molar-refractivity contribution in [1.82, 2.24) is 20.1 Å². The van der Waals surface area contributed by atoms with Crippen molar-refractivity contribution < 1.29 is 9.26 Å². The lowest BCUT2D eigenvalue weighted by Crippen LogP contribution is -2.27. The van der Waals surface area contributed by atoms with E-state index >= 15 is 0 Å². The summed E-state index contributed by atoms with van der Waals surface area (Å²) >= 11 is 0. The van der Waals surface area contributed by atoms with Crippen LogP contribution >= 0.6 is 0 Å². The molecule has 1 saturated heterocycles. The van der Waals surface area contributed by atoms with Gasteiger partial charge in [-0.05, 0) is 18.8 Å². The molecular weight excluding hydrogens is 308 g/mol. The molecule has 24 heavy (non-hydrogen) atoms. The topological polar surface area (TPSA) is 110 Å². The van der Waals surface area contributed by atoms with Crippen molar-refractivity contribution in [3.05, 3.63) is 29.8 Å². The highest BCUT2D eigenvalue weighted by Crippen LogP contribution is 2.32. The largest absolute Gasteiger partial charge is 0.381 e. The van der Waals surface area contributed by atoms with Gasteiger partial charge in [0.2, 0.25) is 5.89 Å². The number of hydrogen-bond donors (Lipinski definition) is 1. The van der Waals surface area contributed by atoms with E-state index in [1.807, 2.05) is 19.9 Å². The van der Waals surface area contributed by atoms with Crippen molar-refractivity contribution in [1.29, 1.82) is 5.26 Å². The highest BCUT2D eigenvalue weighted by molar-refractivity contribution is 5.35. The summed E-state index contributed by atoms with van der Waals surface area (Å²) in [5.41, 5.74) is 0.281. The zero-order valence-electron chi connectivity index (χ0n) is 13.8. The minimum absolute atomic E-state index is 0.156. The fourth-order valence-corrected chi connectivity index (χ4v) is 2.66. The number of anilines is 1. The smallest absolute Gasteiger partial charge is 0.249 e. The first kappa shape index (κ1) is 16.3. The third kappa shape index (κ3) is 3.68. The molecule has 0 aliphatic carbocycles. The summed E-state index contributed by atoms with van der Waals surface area (Å²) in [5, 5.41) is 16.2. The van der Waals surface area contributed by atoms with Gasteiger partial charge in [0.15, 0.2) is 11.5 Å². The summed E-state index contributed by atoms with van der Waals surface area (Å²) in [6.45, 7) is 5.48. The van der Waals surface area contributed by atoms with Crippen LogP contribution in [0.15, 0.2) is 16.9 Å². The molecule has 0 amide bonds. The lowest BCUT2D eigenvalue weighted by atomic mass is 9.91. The van der Waals surface area contributed by atoms with Crippen LogP contribution < -0.4 is 5.32 Å². The molecule has 1 aliphatic rings. The molecule has 8 nitrogen and oxygen atoms in total. The van der Waals surface area contributed by atoms with E-state index in [0.717, 1.165) is 12.8 Å². The van der Waals surface area contributed by atoms with Gasteiger partial charge >= 0.3 is 0 Å². The fourth-order valence-electron chi connectivity index (χ4n) is 2.66. The molecule has 0 unspecified atom stereocenters. The minimum Gasteiger partial charge on any atom is -0.381 e. The van der Waals surface area contributed by atoms with Gasteiger partial charge < -0.3 is 14.6 Å². The number of hydrogen-bond acceptors (Lipinski definition) is 8. The van der Waals surface area contributed by atoms with Crippen molar-refractivity contribution in [2.45, 2.75) is 38.6 Å². The molecule has 2 aromatic heterocycles. The van der Waals surface area contributed by atoms with Gasteiger partial charge in [0, 0.05) is 19.1 Å². The second kappa shape index (κ2) is 7.36. The fraction of sp³-hybridized carbons (Fsp3) is 0.562. The number of ether oxygens (including phenoxy) is 1. The van der Waals surface area contributed by atoms with Crippen LogP contribution in [0.25, 0.3) is 0 Å². The third-order valence-electron chi connectivity index (χ3n) is 4.05. The maximum atomic E-state index is 8.83. The van der Waals surface area contributed by atoms with Crippen LogP contribution in [-0.2, 0) is 4.74 Å². The number of nitrogens with one attached hydrogen (secondary N) is 1. The molecule has 0 aromatic carbocycles. The van der Waals surface area contributed by atoms with E-state index in [1.54, 1.807) is 6.20 Å². The Morgan fingerprint density at radius 2 is 2.04 bits per heavy atom. The maximum Gasteiger partial charge on any atom is 0.249 e. The lowest BCUT2D eigenvalue weighted by molar-refractivity contribution is 0.0570. The van der Waals surface area contributed by atoms with E-state index < -0.39 is 0 Å². The van der Waals surface area contributed by atoms with Crippen LogP contribution in [0.1, 0.15) is 56.1 Å². The quantitative estimate of drug-likeness (QED) is 0.891. The Hall–Kier alpha value is -2.53. The average Bonchev–Trinajstić information content (AvgIpc) is 3.11. The van der Waals surface area contributed by atoms with Crippen molar-refractivity contribution in [3.8, 4) is 6.07 Å². The third-order valence-corrected chi connectivity index (χ3v) is 4.05. The number of rotatable bonds is 5. The van der Waals surface area contributed by atoms with Gasteiger partial charge in [-0.3, -0.25) is 0 Å². The first-order valence-corrected chi connectivity index (χ1v) is 8.07. The van der Waals surface area contributed by atoms with Crippen LogP contribution in [0.2, 0.25) is 0 Å². The van der Waals surface area contributed by atoms with Gasteiger partial charge in [-0.25, -0.2) is 9.97 Å². The summed E-state index contributed by atoms with van der Waals surface area (Å²) in [7, 11) is 0. The molecule has 0 radical (unpaired) electrons. The molecule has 1 fully saturated rings. The van der Waals surface area contributed by atoms with Crippen LogP contribution in [0, 0.1) is 17.2 Å². The highest BCUT2D eigenvalue weighted by Gasteiger charge is 2.30. The molecule has 0 saturated carbocycles. The molecule has 1 aliphatic heterocycles. The van der Waals surface area contributed by atoms with E-state index in [2.05, 4.69) is 25.4 Å². The first-order chi connectivity index (χ1) is 11.7. The first-order valence-electron chi connectivity index (χ1n) is 8.07. The second-order valence-corrected chi connectivity index (χ2v) is 6.12. The number of nitriles is 1. The summed E-state index contributed by atoms with van der Waals surface area (Å²) in [4.78, 5) is 12.8. The number of nitrogens with zero attached hydrogens (tertiary/aromatic N) is 5. The number of aromatic nitrogens is 4. The molecule has 8 heteroatoms. The van der Waals surface area contributed by atoms with Gasteiger partial charge in [-0.2, -0.15) is 10.2 Å². The van der Waals surface area contributed by atoms with Crippen LogP contribution in [0.3, 0.4) is 0 Å². The molecule has 126 valence electrons. The van der Waals surface area contributed by atoms with E-state index in [-0.39, 0.29) is 17.7 Å². The van der Waals surface area contributed by atoms with Crippen LogP contribution in [0.4, 0.5) is 5.82 Å².